The van der Waals surface area contributed by atoms with E-state index in [-0.39, 0.29) is 4.88 Å². The smallest absolute Gasteiger partial charge is 0.347 e. The molecule has 0 aliphatic heterocycles. The molecular formula is C8H12N2O2S. The number of nitrogens with one attached hydrogen (secondary N) is 1. The molecule has 0 aliphatic carbocycles. The number of aromatic nitrogens is 1. The molecule has 0 saturated heterocycles. The van der Waals surface area contributed by atoms with Gasteiger partial charge in [-0.2, -0.15) is 0 Å². The number of carbonyl (C=O) groups is 1. The number of carboxylic acids is 1. The molecule has 2 N–H and O–H groups in total. The van der Waals surface area contributed by atoms with E-state index in [9.17, 15) is 4.79 Å². The second kappa shape index (κ2) is 4.81. The Hall–Kier alpha value is -1.10. The molecule has 1 aromatic rings. The fourth-order valence-electron chi connectivity index (χ4n) is 0.827. The van der Waals surface area contributed by atoms with E-state index in [1.807, 2.05) is 0 Å². The second-order valence-electron chi connectivity index (χ2n) is 2.62. The average molecular weight is 200 g/mol. The third-order valence-electron chi connectivity index (χ3n) is 1.52. The standard InChI is InChI=1S/C8H12N2O2S/c1-2-3-4-9-8-10-5-6(13-8)7(11)12/h5H,2-4H2,1H3,(H,9,10)(H,11,12). The van der Waals surface area contributed by atoms with Crippen LogP contribution in [0.4, 0.5) is 5.13 Å². The number of unbranched alkanes of at least 4 members (excludes halogenated alkanes) is 1. The van der Waals surface area contributed by atoms with Crippen LogP contribution in [0, 0.1) is 0 Å². The van der Waals surface area contributed by atoms with Crippen molar-refractivity contribution in [2.45, 2.75) is 19.8 Å². The summed E-state index contributed by atoms with van der Waals surface area (Å²) in [5, 5.41) is 12.4. The molecule has 0 unspecified atom stereocenters. The highest BCUT2D eigenvalue weighted by atomic mass is 32.1. The lowest BCUT2D eigenvalue weighted by Gasteiger charge is -1.98. The fraction of sp³-hybridized carbons (Fsp3) is 0.500. The molecule has 0 radical (unpaired) electrons. The summed E-state index contributed by atoms with van der Waals surface area (Å²) in [7, 11) is 0. The zero-order valence-corrected chi connectivity index (χ0v) is 8.23. The maximum absolute atomic E-state index is 10.5. The van der Waals surface area contributed by atoms with E-state index >= 15 is 0 Å². The summed E-state index contributed by atoms with van der Waals surface area (Å²) in [5.74, 6) is -0.916. The lowest BCUT2D eigenvalue weighted by Crippen LogP contribution is -1.99. The van der Waals surface area contributed by atoms with Crippen molar-refractivity contribution >= 4 is 22.4 Å². The normalized spacial score (nSPS) is 9.92. The predicted molar refractivity (Wildman–Crippen MR) is 52.5 cm³/mol. The first kappa shape index (κ1) is 9.98. The van der Waals surface area contributed by atoms with Gasteiger partial charge in [0.2, 0.25) is 0 Å². The fourth-order valence-corrected chi connectivity index (χ4v) is 1.51. The van der Waals surface area contributed by atoms with Gasteiger partial charge in [-0.1, -0.05) is 24.7 Å². The number of aromatic carboxylic acids is 1. The molecule has 1 heterocycles. The monoisotopic (exact) mass is 200 g/mol. The van der Waals surface area contributed by atoms with Gasteiger partial charge in [-0.05, 0) is 6.42 Å². The summed E-state index contributed by atoms with van der Waals surface area (Å²) in [6.07, 6.45) is 3.56. The second-order valence-corrected chi connectivity index (χ2v) is 3.65. The molecule has 5 heteroatoms. The van der Waals surface area contributed by atoms with Crippen LogP contribution in [0.15, 0.2) is 6.20 Å². The van der Waals surface area contributed by atoms with Crippen molar-refractivity contribution in [3.8, 4) is 0 Å². The van der Waals surface area contributed by atoms with Crippen molar-refractivity contribution in [2.75, 3.05) is 11.9 Å². The molecule has 0 atom stereocenters. The van der Waals surface area contributed by atoms with Crippen LogP contribution in [-0.4, -0.2) is 22.6 Å². The summed E-state index contributed by atoms with van der Waals surface area (Å²) in [6.45, 7) is 2.95. The van der Waals surface area contributed by atoms with Gasteiger partial charge in [0.15, 0.2) is 5.13 Å². The minimum absolute atomic E-state index is 0.277. The molecule has 0 spiro atoms. The van der Waals surface area contributed by atoms with Crippen LogP contribution in [-0.2, 0) is 0 Å². The largest absolute Gasteiger partial charge is 0.477 e. The number of hydrogen-bond donors (Lipinski definition) is 2. The first-order chi connectivity index (χ1) is 6.24. The van der Waals surface area contributed by atoms with Gasteiger partial charge in [0.25, 0.3) is 0 Å². The number of carboxylic acid groups (broad SMARTS) is 1. The topological polar surface area (TPSA) is 62.2 Å². The molecule has 4 nitrogen and oxygen atoms in total. The number of thiazole rings is 1. The molecule has 0 bridgehead atoms. The zero-order valence-electron chi connectivity index (χ0n) is 7.41. The number of hydrogen-bond acceptors (Lipinski definition) is 4. The molecule has 1 rings (SSSR count). The summed E-state index contributed by atoms with van der Waals surface area (Å²) < 4.78 is 0. The third-order valence-corrected chi connectivity index (χ3v) is 2.47. The first-order valence-corrected chi connectivity index (χ1v) is 4.98. The van der Waals surface area contributed by atoms with E-state index in [1.165, 1.54) is 17.5 Å². The van der Waals surface area contributed by atoms with Gasteiger partial charge >= 0.3 is 5.97 Å². The summed E-state index contributed by atoms with van der Waals surface area (Å²) in [5.41, 5.74) is 0. The van der Waals surface area contributed by atoms with E-state index in [2.05, 4.69) is 17.2 Å². The van der Waals surface area contributed by atoms with Crippen molar-refractivity contribution < 1.29 is 9.90 Å². The quantitative estimate of drug-likeness (QED) is 0.714. The highest BCUT2D eigenvalue weighted by molar-refractivity contribution is 7.17. The molecule has 72 valence electrons. The molecule has 0 aromatic carbocycles. The Morgan fingerprint density at radius 2 is 2.54 bits per heavy atom. The Bertz CT molecular complexity index is 285. The highest BCUT2D eigenvalue weighted by Crippen LogP contribution is 2.17. The maximum atomic E-state index is 10.5. The SMILES string of the molecule is CCCCNc1ncc(C(=O)O)s1. The predicted octanol–water partition coefficient (Wildman–Crippen LogP) is 2.05. The van der Waals surface area contributed by atoms with Crippen LogP contribution in [0.1, 0.15) is 29.4 Å². The van der Waals surface area contributed by atoms with Crippen LogP contribution in [0.5, 0.6) is 0 Å². The van der Waals surface area contributed by atoms with Crippen LogP contribution < -0.4 is 5.32 Å². The zero-order chi connectivity index (χ0) is 9.68. The van der Waals surface area contributed by atoms with E-state index < -0.39 is 5.97 Å². The van der Waals surface area contributed by atoms with Gasteiger partial charge in [-0.15, -0.1) is 0 Å². The highest BCUT2D eigenvalue weighted by Gasteiger charge is 2.07. The summed E-state index contributed by atoms with van der Waals surface area (Å²) in [6, 6.07) is 0. The van der Waals surface area contributed by atoms with Crippen LogP contribution >= 0.6 is 11.3 Å². The van der Waals surface area contributed by atoms with Gasteiger partial charge in [0.05, 0.1) is 6.20 Å². The minimum Gasteiger partial charge on any atom is -0.477 e. The Kier molecular flexibility index (Phi) is 3.70. The van der Waals surface area contributed by atoms with E-state index in [0.717, 1.165) is 19.4 Å². The number of anilines is 1. The van der Waals surface area contributed by atoms with Gasteiger partial charge in [0.1, 0.15) is 4.88 Å². The van der Waals surface area contributed by atoms with Crippen molar-refractivity contribution in [1.82, 2.24) is 4.98 Å². The van der Waals surface area contributed by atoms with Gasteiger partial charge in [-0.25, -0.2) is 9.78 Å². The van der Waals surface area contributed by atoms with Crippen LogP contribution in [0.2, 0.25) is 0 Å². The molecular weight excluding hydrogens is 188 g/mol. The van der Waals surface area contributed by atoms with Crippen LogP contribution in [0.3, 0.4) is 0 Å². The van der Waals surface area contributed by atoms with E-state index in [0.29, 0.717) is 5.13 Å². The number of rotatable bonds is 5. The molecule has 0 aliphatic rings. The number of nitrogens with zero attached hydrogens (tertiary/aromatic N) is 1. The van der Waals surface area contributed by atoms with Crippen molar-refractivity contribution in [1.29, 1.82) is 0 Å². The molecule has 0 fully saturated rings. The Morgan fingerprint density at radius 1 is 1.77 bits per heavy atom. The summed E-state index contributed by atoms with van der Waals surface area (Å²) >= 11 is 1.17. The molecule has 13 heavy (non-hydrogen) atoms. The van der Waals surface area contributed by atoms with E-state index in [4.69, 9.17) is 5.11 Å². The molecule has 1 aromatic heterocycles. The Labute approximate surface area is 80.6 Å². The lowest BCUT2D eigenvalue weighted by molar-refractivity contribution is 0.0702. The Balaban J connectivity index is 2.44. The van der Waals surface area contributed by atoms with Gasteiger partial charge in [-0.3, -0.25) is 0 Å². The first-order valence-electron chi connectivity index (χ1n) is 4.17. The van der Waals surface area contributed by atoms with Crippen molar-refractivity contribution in [2.24, 2.45) is 0 Å². The maximum Gasteiger partial charge on any atom is 0.347 e. The molecule has 0 amide bonds. The third kappa shape index (κ3) is 3.02. The van der Waals surface area contributed by atoms with Gasteiger partial charge < -0.3 is 10.4 Å². The van der Waals surface area contributed by atoms with Crippen molar-refractivity contribution in [3.05, 3.63) is 11.1 Å². The van der Waals surface area contributed by atoms with Gasteiger partial charge in [0, 0.05) is 6.54 Å². The average Bonchev–Trinajstić information content (AvgIpc) is 2.53. The van der Waals surface area contributed by atoms with Crippen molar-refractivity contribution in [3.63, 3.8) is 0 Å². The van der Waals surface area contributed by atoms with E-state index in [1.54, 1.807) is 0 Å². The minimum atomic E-state index is -0.916. The Morgan fingerprint density at radius 3 is 3.08 bits per heavy atom. The summed E-state index contributed by atoms with van der Waals surface area (Å²) in [4.78, 5) is 14.7. The van der Waals surface area contributed by atoms with Crippen LogP contribution in [0.25, 0.3) is 0 Å². The molecule has 0 saturated carbocycles. The lowest BCUT2D eigenvalue weighted by atomic mass is 10.3.